The molecule has 8 heteroatoms. The van der Waals surface area contributed by atoms with Crippen LogP contribution in [0.3, 0.4) is 0 Å². The summed E-state index contributed by atoms with van der Waals surface area (Å²) in [6.07, 6.45) is 0.714. The number of esters is 1. The lowest BCUT2D eigenvalue weighted by molar-refractivity contribution is -0.139. The number of ether oxygens (including phenoxy) is 2. The largest absolute Gasteiger partial charge is 0.489 e. The monoisotopic (exact) mass is 448 g/mol. The second-order valence-corrected chi connectivity index (χ2v) is 7.64. The van der Waals surface area contributed by atoms with Crippen LogP contribution in [0.4, 0.5) is 4.79 Å². The summed E-state index contributed by atoms with van der Waals surface area (Å²) >= 11 is 12.1. The Bertz CT molecular complexity index is 974. The van der Waals surface area contributed by atoms with Gasteiger partial charge in [-0.2, -0.15) is 0 Å². The third-order valence-electron chi connectivity index (χ3n) is 4.55. The lowest BCUT2D eigenvalue weighted by Crippen LogP contribution is -2.45. The van der Waals surface area contributed by atoms with Crippen LogP contribution in [0.1, 0.15) is 37.4 Å². The van der Waals surface area contributed by atoms with Gasteiger partial charge in [0.05, 0.1) is 18.2 Å². The summed E-state index contributed by atoms with van der Waals surface area (Å²) in [6.45, 7) is 4.20. The summed E-state index contributed by atoms with van der Waals surface area (Å²) in [6, 6.07) is 11.4. The zero-order valence-corrected chi connectivity index (χ0v) is 18.1. The number of rotatable bonds is 7. The molecule has 3 rings (SSSR count). The first-order chi connectivity index (χ1) is 14.4. The Balaban J connectivity index is 1.75. The van der Waals surface area contributed by atoms with Gasteiger partial charge >= 0.3 is 12.0 Å². The molecule has 2 amide bonds. The van der Waals surface area contributed by atoms with E-state index in [0.29, 0.717) is 40.1 Å². The van der Waals surface area contributed by atoms with Gasteiger partial charge in [-0.25, -0.2) is 9.59 Å². The molecule has 0 bridgehead atoms. The molecule has 30 heavy (non-hydrogen) atoms. The van der Waals surface area contributed by atoms with Gasteiger partial charge in [-0.3, -0.25) is 0 Å². The van der Waals surface area contributed by atoms with E-state index >= 15 is 0 Å². The minimum absolute atomic E-state index is 0.285. The summed E-state index contributed by atoms with van der Waals surface area (Å²) in [4.78, 5) is 24.5. The second kappa shape index (κ2) is 9.87. The number of halogens is 2. The summed E-state index contributed by atoms with van der Waals surface area (Å²) in [5.41, 5.74) is 2.41. The highest BCUT2D eigenvalue weighted by Crippen LogP contribution is 2.29. The Labute approximate surface area is 185 Å². The number of carbonyl (C=O) groups is 2. The maximum atomic E-state index is 12.5. The fourth-order valence-corrected chi connectivity index (χ4v) is 3.51. The molecule has 1 atom stereocenters. The van der Waals surface area contributed by atoms with E-state index in [0.717, 1.165) is 11.1 Å². The molecule has 1 heterocycles. The molecule has 2 N–H and O–H groups in total. The summed E-state index contributed by atoms with van der Waals surface area (Å²) < 4.78 is 11.1. The first kappa shape index (κ1) is 22.0. The van der Waals surface area contributed by atoms with Crippen molar-refractivity contribution >= 4 is 35.2 Å². The number of hydrogen-bond acceptors (Lipinski definition) is 4. The number of allylic oxidation sites excluding steroid dienone is 1. The van der Waals surface area contributed by atoms with Crippen LogP contribution in [-0.4, -0.2) is 18.6 Å². The van der Waals surface area contributed by atoms with Crippen molar-refractivity contribution in [2.75, 3.05) is 6.61 Å². The van der Waals surface area contributed by atoms with E-state index in [1.807, 2.05) is 13.0 Å². The Morgan fingerprint density at radius 2 is 1.87 bits per heavy atom. The molecule has 6 nitrogen and oxygen atoms in total. The van der Waals surface area contributed by atoms with Crippen molar-refractivity contribution in [3.8, 4) is 5.75 Å². The van der Waals surface area contributed by atoms with E-state index in [1.165, 1.54) is 0 Å². The van der Waals surface area contributed by atoms with Gasteiger partial charge in [-0.05, 0) is 43.2 Å². The van der Waals surface area contributed by atoms with Crippen LogP contribution < -0.4 is 15.4 Å². The Morgan fingerprint density at radius 3 is 2.53 bits per heavy atom. The predicted molar refractivity (Wildman–Crippen MR) is 116 cm³/mol. The van der Waals surface area contributed by atoms with Crippen LogP contribution >= 0.6 is 23.2 Å². The Hall–Kier alpha value is -2.70. The average Bonchev–Trinajstić information content (AvgIpc) is 2.71. The van der Waals surface area contributed by atoms with Crippen molar-refractivity contribution in [2.45, 2.75) is 32.9 Å². The molecule has 0 radical (unpaired) electrons. The highest BCUT2D eigenvalue weighted by atomic mass is 35.5. The van der Waals surface area contributed by atoms with E-state index in [2.05, 4.69) is 10.6 Å². The van der Waals surface area contributed by atoms with E-state index in [4.69, 9.17) is 32.7 Å². The fraction of sp³-hybridized carbons (Fsp3) is 0.273. The van der Waals surface area contributed by atoms with E-state index in [-0.39, 0.29) is 12.6 Å². The van der Waals surface area contributed by atoms with Gasteiger partial charge in [0.1, 0.15) is 12.4 Å². The van der Waals surface area contributed by atoms with Crippen molar-refractivity contribution in [3.05, 3.63) is 74.9 Å². The number of nitrogens with one attached hydrogen (secondary N) is 2. The van der Waals surface area contributed by atoms with Gasteiger partial charge in [0.2, 0.25) is 0 Å². The zero-order valence-electron chi connectivity index (χ0n) is 16.6. The number of urea groups is 1. The molecule has 0 saturated heterocycles. The van der Waals surface area contributed by atoms with Gasteiger partial charge in [-0.1, -0.05) is 48.3 Å². The van der Waals surface area contributed by atoms with Gasteiger partial charge in [0.15, 0.2) is 0 Å². The first-order valence-electron chi connectivity index (χ1n) is 9.51. The molecule has 1 unspecified atom stereocenters. The molecule has 2 aromatic rings. The standard InChI is InChI=1S/C22H22Cl2N2O4/c1-3-10-29-21(27)19-13(2)25-22(28)26-20(19)14-5-8-17(9-6-14)30-12-15-4-7-16(23)11-18(15)24/h4-9,11,20H,3,10,12H2,1-2H3,(H2,25,26,28). The van der Waals surface area contributed by atoms with Gasteiger partial charge in [-0.15, -0.1) is 0 Å². The molecular formula is C22H22Cl2N2O4. The lowest BCUT2D eigenvalue weighted by atomic mass is 9.95. The van der Waals surface area contributed by atoms with Crippen molar-refractivity contribution in [1.29, 1.82) is 0 Å². The van der Waals surface area contributed by atoms with E-state index < -0.39 is 12.0 Å². The van der Waals surface area contributed by atoms with E-state index in [9.17, 15) is 9.59 Å². The third kappa shape index (κ3) is 5.26. The molecule has 0 spiro atoms. The van der Waals surface area contributed by atoms with Crippen molar-refractivity contribution in [2.24, 2.45) is 0 Å². The van der Waals surface area contributed by atoms with Crippen molar-refractivity contribution < 1.29 is 19.1 Å². The smallest absolute Gasteiger partial charge is 0.338 e. The number of benzene rings is 2. The van der Waals surface area contributed by atoms with Crippen molar-refractivity contribution in [1.82, 2.24) is 10.6 Å². The molecular weight excluding hydrogens is 427 g/mol. The molecule has 0 aliphatic carbocycles. The minimum atomic E-state index is -0.608. The molecule has 158 valence electrons. The van der Waals surface area contributed by atoms with Crippen molar-refractivity contribution in [3.63, 3.8) is 0 Å². The van der Waals surface area contributed by atoms with Gasteiger partial charge in [0.25, 0.3) is 0 Å². The van der Waals surface area contributed by atoms with E-state index in [1.54, 1.807) is 43.3 Å². The maximum absolute atomic E-state index is 12.5. The number of hydrogen-bond donors (Lipinski definition) is 2. The Kier molecular flexibility index (Phi) is 7.24. The molecule has 0 saturated carbocycles. The van der Waals surface area contributed by atoms with Crippen LogP contribution in [0, 0.1) is 0 Å². The topological polar surface area (TPSA) is 76.7 Å². The molecule has 2 aromatic carbocycles. The Morgan fingerprint density at radius 1 is 1.13 bits per heavy atom. The van der Waals surface area contributed by atoms with Crippen LogP contribution in [0.2, 0.25) is 10.0 Å². The van der Waals surface area contributed by atoms with Gasteiger partial charge < -0.3 is 20.1 Å². The molecule has 0 fully saturated rings. The van der Waals surface area contributed by atoms with Crippen LogP contribution in [-0.2, 0) is 16.1 Å². The van der Waals surface area contributed by atoms with Crippen LogP contribution in [0.5, 0.6) is 5.75 Å². The highest BCUT2D eigenvalue weighted by Gasteiger charge is 2.32. The number of amides is 2. The lowest BCUT2D eigenvalue weighted by Gasteiger charge is -2.28. The molecule has 1 aliphatic rings. The first-order valence-corrected chi connectivity index (χ1v) is 10.3. The quantitative estimate of drug-likeness (QED) is 0.573. The zero-order chi connectivity index (χ0) is 21.7. The van der Waals surface area contributed by atoms with Crippen LogP contribution in [0.15, 0.2) is 53.7 Å². The van der Waals surface area contributed by atoms with Crippen LogP contribution in [0.25, 0.3) is 0 Å². The SMILES string of the molecule is CCCOC(=O)C1=C(C)NC(=O)NC1c1ccc(OCc2ccc(Cl)cc2Cl)cc1. The highest BCUT2D eigenvalue weighted by molar-refractivity contribution is 6.35. The normalized spacial score (nSPS) is 16.0. The summed E-state index contributed by atoms with van der Waals surface area (Å²) in [7, 11) is 0. The summed E-state index contributed by atoms with van der Waals surface area (Å²) in [5, 5.41) is 6.51. The molecule has 1 aliphatic heterocycles. The fourth-order valence-electron chi connectivity index (χ4n) is 3.04. The third-order valence-corrected chi connectivity index (χ3v) is 5.14. The summed E-state index contributed by atoms with van der Waals surface area (Å²) in [5.74, 6) is 0.172. The predicted octanol–water partition coefficient (Wildman–Crippen LogP) is 5.15. The number of carbonyl (C=O) groups excluding carboxylic acids is 2. The maximum Gasteiger partial charge on any atom is 0.338 e. The minimum Gasteiger partial charge on any atom is -0.489 e. The van der Waals surface area contributed by atoms with Gasteiger partial charge in [0, 0.05) is 21.3 Å². The average molecular weight is 449 g/mol. The molecule has 0 aromatic heterocycles. The second-order valence-electron chi connectivity index (χ2n) is 6.80.